The number of primary amides is 1. The van der Waals surface area contributed by atoms with E-state index in [0.29, 0.717) is 6.42 Å². The summed E-state index contributed by atoms with van der Waals surface area (Å²) in [6, 6.07) is 9.45. The number of nitrogens with zero attached hydrogens (tertiary/aromatic N) is 1. The zero-order valence-corrected chi connectivity index (χ0v) is 12.2. The van der Waals surface area contributed by atoms with Gasteiger partial charge in [0.05, 0.1) is 0 Å². The first-order valence-electron chi connectivity index (χ1n) is 7.39. The molecule has 0 aromatic heterocycles. The van der Waals surface area contributed by atoms with E-state index < -0.39 is 11.4 Å². The van der Waals surface area contributed by atoms with Crippen molar-refractivity contribution in [1.29, 1.82) is 0 Å². The van der Waals surface area contributed by atoms with Crippen LogP contribution in [0.25, 0.3) is 0 Å². The molecule has 1 heterocycles. The highest BCUT2D eigenvalue weighted by Crippen LogP contribution is 2.24. The van der Waals surface area contributed by atoms with Crippen molar-refractivity contribution in [3.05, 3.63) is 35.9 Å². The molecule has 4 N–H and O–H groups in total. The first-order chi connectivity index (χ1) is 9.52. The van der Waals surface area contributed by atoms with Gasteiger partial charge < -0.3 is 16.4 Å². The second-order valence-electron chi connectivity index (χ2n) is 6.00. The van der Waals surface area contributed by atoms with Crippen molar-refractivity contribution in [2.75, 3.05) is 19.6 Å². The fourth-order valence-corrected chi connectivity index (χ4v) is 2.97. The number of nitrogens with two attached hydrogens (primary N) is 2. The Hall–Kier alpha value is -1.39. The van der Waals surface area contributed by atoms with E-state index in [-0.39, 0.29) is 0 Å². The normalized spacial score (nSPS) is 23.2. The molecule has 1 aliphatic heterocycles. The average Bonchev–Trinajstić information content (AvgIpc) is 2.45. The summed E-state index contributed by atoms with van der Waals surface area (Å²) in [7, 11) is 0. The van der Waals surface area contributed by atoms with Crippen LogP contribution in [0.5, 0.6) is 0 Å². The molecule has 4 nitrogen and oxygen atoms in total. The summed E-state index contributed by atoms with van der Waals surface area (Å²) in [6.45, 7) is 5.27. The van der Waals surface area contributed by atoms with Gasteiger partial charge in [-0.1, -0.05) is 37.3 Å². The minimum Gasteiger partial charge on any atom is -0.368 e. The lowest BCUT2D eigenvalue weighted by Crippen LogP contribution is -2.51. The minimum absolute atomic E-state index is 0.450. The molecule has 2 rings (SSSR count). The molecule has 1 fully saturated rings. The molecule has 0 aliphatic carbocycles. The topological polar surface area (TPSA) is 72.3 Å². The van der Waals surface area contributed by atoms with Crippen LogP contribution in [0.4, 0.5) is 0 Å². The Morgan fingerprint density at radius 1 is 1.40 bits per heavy atom. The van der Waals surface area contributed by atoms with Gasteiger partial charge in [-0.25, -0.2) is 0 Å². The third-order valence-electron chi connectivity index (χ3n) is 4.29. The third-order valence-corrected chi connectivity index (χ3v) is 4.29. The maximum atomic E-state index is 11.8. The van der Waals surface area contributed by atoms with E-state index in [1.807, 2.05) is 30.3 Å². The van der Waals surface area contributed by atoms with Crippen LogP contribution >= 0.6 is 0 Å². The number of amides is 1. The van der Waals surface area contributed by atoms with Crippen molar-refractivity contribution in [2.45, 2.75) is 31.7 Å². The molecular formula is C16H25N3O. The van der Waals surface area contributed by atoms with Crippen molar-refractivity contribution < 1.29 is 4.79 Å². The SMILES string of the molecule is CC1CCCN(CCC(N)(C(N)=O)c2ccccc2)C1. The highest BCUT2D eigenvalue weighted by molar-refractivity contribution is 5.85. The van der Waals surface area contributed by atoms with Gasteiger partial charge in [0.15, 0.2) is 0 Å². The second kappa shape index (κ2) is 6.37. The quantitative estimate of drug-likeness (QED) is 0.854. The number of likely N-dealkylation sites (tertiary alicyclic amines) is 1. The molecule has 0 bridgehead atoms. The molecule has 4 heteroatoms. The van der Waals surface area contributed by atoms with Crippen molar-refractivity contribution in [3.63, 3.8) is 0 Å². The molecule has 1 aromatic carbocycles. The summed E-state index contributed by atoms with van der Waals surface area (Å²) in [4.78, 5) is 14.2. The van der Waals surface area contributed by atoms with Gasteiger partial charge in [-0.15, -0.1) is 0 Å². The van der Waals surface area contributed by atoms with Gasteiger partial charge in [0.2, 0.25) is 5.91 Å². The van der Waals surface area contributed by atoms with Gasteiger partial charge in [0.1, 0.15) is 5.54 Å². The molecule has 2 unspecified atom stereocenters. The molecule has 0 spiro atoms. The number of carbonyl (C=O) groups excluding carboxylic acids is 1. The Kier molecular flexibility index (Phi) is 4.78. The highest BCUT2D eigenvalue weighted by atomic mass is 16.1. The zero-order chi connectivity index (χ0) is 14.6. The number of piperidine rings is 1. The Labute approximate surface area is 121 Å². The minimum atomic E-state index is -1.07. The van der Waals surface area contributed by atoms with E-state index in [0.717, 1.165) is 31.1 Å². The first-order valence-corrected chi connectivity index (χ1v) is 7.39. The predicted molar refractivity (Wildman–Crippen MR) is 81.0 cm³/mol. The summed E-state index contributed by atoms with van der Waals surface area (Å²) in [5.74, 6) is 0.273. The number of hydrogen-bond acceptors (Lipinski definition) is 3. The van der Waals surface area contributed by atoms with Gasteiger partial charge in [-0.05, 0) is 37.3 Å². The first kappa shape index (κ1) is 15.0. The van der Waals surface area contributed by atoms with Gasteiger partial charge in [-0.2, -0.15) is 0 Å². The smallest absolute Gasteiger partial charge is 0.242 e. The summed E-state index contributed by atoms with van der Waals surface area (Å²) in [5, 5.41) is 0. The maximum Gasteiger partial charge on any atom is 0.242 e. The van der Waals surface area contributed by atoms with Gasteiger partial charge in [0, 0.05) is 13.1 Å². The lowest BCUT2D eigenvalue weighted by Gasteiger charge is -2.34. The number of rotatable bonds is 5. The van der Waals surface area contributed by atoms with Crippen LogP contribution in [-0.2, 0) is 10.3 Å². The number of benzene rings is 1. The Balaban J connectivity index is 2.04. The molecule has 1 aliphatic rings. The Bertz CT molecular complexity index is 448. The van der Waals surface area contributed by atoms with E-state index in [2.05, 4.69) is 11.8 Å². The standard InChI is InChI=1S/C16H25N3O/c1-13-6-5-10-19(12-13)11-9-16(18,15(17)20)14-7-3-2-4-8-14/h2-4,7-8,13H,5-6,9-12,18H2,1H3,(H2,17,20). The summed E-state index contributed by atoms with van der Waals surface area (Å²) >= 11 is 0. The van der Waals surface area contributed by atoms with Gasteiger partial charge in [0.25, 0.3) is 0 Å². The average molecular weight is 275 g/mol. The summed E-state index contributed by atoms with van der Waals surface area (Å²) in [6.07, 6.45) is 3.08. The molecule has 20 heavy (non-hydrogen) atoms. The van der Waals surface area contributed by atoms with Crippen molar-refractivity contribution in [3.8, 4) is 0 Å². The van der Waals surface area contributed by atoms with Crippen LogP contribution < -0.4 is 11.5 Å². The second-order valence-corrected chi connectivity index (χ2v) is 6.00. The van der Waals surface area contributed by atoms with Gasteiger partial charge in [-0.3, -0.25) is 4.79 Å². The number of hydrogen-bond donors (Lipinski definition) is 2. The van der Waals surface area contributed by atoms with Crippen LogP contribution in [0.1, 0.15) is 31.7 Å². The molecule has 1 saturated heterocycles. The molecular weight excluding hydrogens is 250 g/mol. The van der Waals surface area contributed by atoms with Crippen molar-refractivity contribution in [1.82, 2.24) is 4.90 Å². The molecule has 2 atom stereocenters. The van der Waals surface area contributed by atoms with Crippen LogP contribution in [0.2, 0.25) is 0 Å². The molecule has 1 amide bonds. The van der Waals surface area contributed by atoms with E-state index in [1.54, 1.807) is 0 Å². The van der Waals surface area contributed by atoms with Crippen LogP contribution in [0, 0.1) is 5.92 Å². The van der Waals surface area contributed by atoms with Crippen molar-refractivity contribution in [2.24, 2.45) is 17.4 Å². The van der Waals surface area contributed by atoms with E-state index >= 15 is 0 Å². The summed E-state index contributed by atoms with van der Waals surface area (Å²) in [5.41, 5.74) is 11.6. The third kappa shape index (κ3) is 3.38. The van der Waals surface area contributed by atoms with E-state index in [9.17, 15) is 4.79 Å². The molecule has 0 saturated carbocycles. The lowest BCUT2D eigenvalue weighted by atomic mass is 9.86. The molecule has 0 radical (unpaired) electrons. The zero-order valence-electron chi connectivity index (χ0n) is 12.2. The Morgan fingerprint density at radius 3 is 2.70 bits per heavy atom. The highest BCUT2D eigenvalue weighted by Gasteiger charge is 2.34. The van der Waals surface area contributed by atoms with Crippen LogP contribution in [-0.4, -0.2) is 30.4 Å². The molecule has 110 valence electrons. The molecule has 1 aromatic rings. The van der Waals surface area contributed by atoms with E-state index in [4.69, 9.17) is 11.5 Å². The monoisotopic (exact) mass is 275 g/mol. The maximum absolute atomic E-state index is 11.8. The fraction of sp³-hybridized carbons (Fsp3) is 0.562. The number of carbonyl (C=O) groups is 1. The Morgan fingerprint density at radius 2 is 2.10 bits per heavy atom. The fourth-order valence-electron chi connectivity index (χ4n) is 2.97. The summed E-state index contributed by atoms with van der Waals surface area (Å²) < 4.78 is 0. The van der Waals surface area contributed by atoms with Crippen molar-refractivity contribution >= 4 is 5.91 Å². The predicted octanol–water partition coefficient (Wildman–Crippen LogP) is 1.45. The van der Waals surface area contributed by atoms with E-state index in [1.165, 1.54) is 12.8 Å². The lowest BCUT2D eigenvalue weighted by molar-refractivity contribution is -0.123. The van der Waals surface area contributed by atoms with Gasteiger partial charge >= 0.3 is 0 Å². The van der Waals surface area contributed by atoms with Crippen LogP contribution in [0.15, 0.2) is 30.3 Å². The van der Waals surface area contributed by atoms with Crippen LogP contribution in [0.3, 0.4) is 0 Å². The largest absolute Gasteiger partial charge is 0.368 e.